The molecule has 0 fully saturated rings. The summed E-state index contributed by atoms with van der Waals surface area (Å²) in [7, 11) is -3.78. The molecule has 0 bridgehead atoms. The number of primary sulfonamides is 1. The minimum absolute atomic E-state index is 0.0391. The predicted octanol–water partition coefficient (Wildman–Crippen LogP) is 2.47. The van der Waals surface area contributed by atoms with Crippen LogP contribution in [0.4, 0.5) is 5.69 Å². The van der Waals surface area contributed by atoms with Crippen molar-refractivity contribution in [2.24, 2.45) is 5.14 Å². The molecule has 1 amide bonds. The van der Waals surface area contributed by atoms with Crippen LogP contribution in [0, 0.1) is 6.92 Å². The van der Waals surface area contributed by atoms with Crippen molar-refractivity contribution in [3.05, 3.63) is 35.4 Å². The molecule has 6 heteroatoms. The number of hydrogen-bond donors (Lipinski definition) is 2. The van der Waals surface area contributed by atoms with Crippen molar-refractivity contribution < 1.29 is 13.2 Å². The Morgan fingerprint density at radius 3 is 2.71 bits per heavy atom. The van der Waals surface area contributed by atoms with E-state index in [2.05, 4.69) is 11.4 Å². The van der Waals surface area contributed by atoms with Crippen LogP contribution in [0.2, 0.25) is 0 Å². The summed E-state index contributed by atoms with van der Waals surface area (Å²) >= 11 is 0. The van der Waals surface area contributed by atoms with Crippen molar-refractivity contribution >= 4 is 21.6 Å². The number of nitrogens with two attached hydrogens (primary N) is 1. The fourth-order valence-electron chi connectivity index (χ4n) is 2.46. The summed E-state index contributed by atoms with van der Waals surface area (Å²) in [5.41, 5.74) is 2.16. The van der Waals surface area contributed by atoms with Gasteiger partial charge in [0.15, 0.2) is 0 Å². The first-order valence-corrected chi connectivity index (χ1v) is 8.52. The van der Waals surface area contributed by atoms with Crippen molar-refractivity contribution in [2.75, 3.05) is 5.32 Å². The van der Waals surface area contributed by atoms with E-state index in [1.165, 1.54) is 12.5 Å². The highest BCUT2D eigenvalue weighted by Crippen LogP contribution is 2.22. The lowest BCUT2D eigenvalue weighted by atomic mass is 9.97. The summed E-state index contributed by atoms with van der Waals surface area (Å²) in [6.45, 7) is 1.66. The molecular formula is C15H20N2O3S. The highest BCUT2D eigenvalue weighted by molar-refractivity contribution is 7.89. The normalized spacial score (nSPS) is 15.4. The van der Waals surface area contributed by atoms with E-state index in [9.17, 15) is 13.2 Å². The average Bonchev–Trinajstić information content (AvgIpc) is 2.41. The number of amides is 1. The van der Waals surface area contributed by atoms with Gasteiger partial charge in [-0.25, -0.2) is 13.6 Å². The topological polar surface area (TPSA) is 89.3 Å². The molecule has 0 radical (unpaired) electrons. The van der Waals surface area contributed by atoms with Crippen molar-refractivity contribution in [3.8, 4) is 0 Å². The van der Waals surface area contributed by atoms with Crippen LogP contribution in [0.5, 0.6) is 0 Å². The zero-order valence-corrected chi connectivity index (χ0v) is 12.9. The maximum Gasteiger partial charge on any atom is 0.238 e. The molecule has 1 aliphatic carbocycles. The van der Waals surface area contributed by atoms with Crippen LogP contribution in [0.25, 0.3) is 0 Å². The third-order valence-corrected chi connectivity index (χ3v) is 4.60. The van der Waals surface area contributed by atoms with E-state index < -0.39 is 10.0 Å². The highest BCUT2D eigenvalue weighted by Gasteiger charge is 2.14. The Morgan fingerprint density at radius 2 is 2.10 bits per heavy atom. The first-order chi connectivity index (χ1) is 9.86. The second kappa shape index (κ2) is 6.41. The number of aryl methyl sites for hydroxylation is 1. The Kier molecular flexibility index (Phi) is 4.80. The lowest BCUT2D eigenvalue weighted by molar-refractivity contribution is -0.115. The second-order valence-corrected chi connectivity index (χ2v) is 6.89. The van der Waals surface area contributed by atoms with Gasteiger partial charge in [0.2, 0.25) is 15.9 Å². The van der Waals surface area contributed by atoms with E-state index in [-0.39, 0.29) is 10.8 Å². The Hall–Kier alpha value is -1.66. The van der Waals surface area contributed by atoms with Crippen LogP contribution in [0.1, 0.15) is 37.7 Å². The largest absolute Gasteiger partial charge is 0.326 e. The van der Waals surface area contributed by atoms with Gasteiger partial charge in [-0.05, 0) is 50.3 Å². The van der Waals surface area contributed by atoms with Crippen LogP contribution in [-0.4, -0.2) is 14.3 Å². The molecule has 0 saturated carbocycles. The molecule has 2 rings (SSSR count). The fourth-order valence-corrected chi connectivity index (χ4v) is 3.27. The molecule has 0 aliphatic heterocycles. The van der Waals surface area contributed by atoms with Gasteiger partial charge in [0.05, 0.1) is 4.90 Å². The molecule has 3 N–H and O–H groups in total. The number of benzene rings is 1. The minimum Gasteiger partial charge on any atom is -0.326 e. The maximum absolute atomic E-state index is 12.0. The fraction of sp³-hybridized carbons (Fsp3) is 0.400. The lowest BCUT2D eigenvalue weighted by Crippen LogP contribution is -2.16. The van der Waals surface area contributed by atoms with Crippen LogP contribution < -0.4 is 10.5 Å². The Morgan fingerprint density at radius 1 is 1.33 bits per heavy atom. The van der Waals surface area contributed by atoms with E-state index in [4.69, 9.17) is 5.14 Å². The molecule has 0 unspecified atom stereocenters. The maximum atomic E-state index is 12.0. The van der Waals surface area contributed by atoms with Gasteiger partial charge >= 0.3 is 0 Å². The number of sulfonamides is 1. The van der Waals surface area contributed by atoms with Gasteiger partial charge in [0.1, 0.15) is 0 Å². The van der Waals surface area contributed by atoms with E-state index >= 15 is 0 Å². The van der Waals surface area contributed by atoms with Gasteiger partial charge in [-0.3, -0.25) is 4.79 Å². The number of rotatable bonds is 4. The summed E-state index contributed by atoms with van der Waals surface area (Å²) in [5, 5.41) is 7.89. The molecule has 1 aliphatic rings. The standard InChI is InChI=1S/C15H20N2O3S/c1-11-7-8-13(10-14(11)21(16,19)20)17-15(18)9-12-5-3-2-4-6-12/h5,7-8,10H,2-4,6,9H2,1H3,(H,17,18)(H2,16,19,20). The number of carbonyl (C=O) groups is 1. The molecular weight excluding hydrogens is 288 g/mol. The summed E-state index contributed by atoms with van der Waals surface area (Å²) in [6.07, 6.45) is 6.78. The van der Waals surface area contributed by atoms with Crippen LogP contribution in [-0.2, 0) is 14.8 Å². The van der Waals surface area contributed by atoms with E-state index in [1.54, 1.807) is 19.1 Å². The molecule has 1 aromatic carbocycles. The van der Waals surface area contributed by atoms with Crippen molar-refractivity contribution in [3.63, 3.8) is 0 Å². The first kappa shape index (κ1) is 15.7. The Labute approximate surface area is 125 Å². The molecule has 1 aromatic rings. The van der Waals surface area contributed by atoms with Crippen molar-refractivity contribution in [2.45, 2.75) is 43.9 Å². The van der Waals surface area contributed by atoms with Gasteiger partial charge in [-0.15, -0.1) is 0 Å². The summed E-state index contributed by atoms with van der Waals surface area (Å²) in [5.74, 6) is -0.132. The minimum atomic E-state index is -3.78. The van der Waals surface area contributed by atoms with Crippen LogP contribution in [0.3, 0.4) is 0 Å². The van der Waals surface area contributed by atoms with E-state index in [1.807, 2.05) is 0 Å². The number of nitrogens with one attached hydrogen (secondary N) is 1. The summed E-state index contributed by atoms with van der Waals surface area (Å²) in [4.78, 5) is 12.0. The lowest BCUT2D eigenvalue weighted by Gasteiger charge is -2.13. The number of anilines is 1. The third-order valence-electron chi connectivity index (χ3n) is 3.55. The monoisotopic (exact) mass is 308 g/mol. The van der Waals surface area contributed by atoms with Gasteiger partial charge < -0.3 is 5.32 Å². The molecule has 0 spiro atoms. The molecule has 0 saturated heterocycles. The van der Waals surface area contributed by atoms with E-state index in [0.717, 1.165) is 24.8 Å². The first-order valence-electron chi connectivity index (χ1n) is 6.97. The molecule has 0 aromatic heterocycles. The average molecular weight is 308 g/mol. The Bertz CT molecular complexity index is 678. The van der Waals surface area contributed by atoms with Crippen LogP contribution >= 0.6 is 0 Å². The number of allylic oxidation sites excluding steroid dienone is 1. The summed E-state index contributed by atoms with van der Waals surface area (Å²) < 4.78 is 22.9. The van der Waals surface area contributed by atoms with Crippen LogP contribution in [0.15, 0.2) is 34.7 Å². The van der Waals surface area contributed by atoms with E-state index in [0.29, 0.717) is 17.7 Å². The molecule has 114 valence electrons. The quantitative estimate of drug-likeness (QED) is 0.837. The molecule has 0 atom stereocenters. The van der Waals surface area contributed by atoms with Gasteiger partial charge in [0, 0.05) is 12.1 Å². The molecule has 0 heterocycles. The zero-order chi connectivity index (χ0) is 15.5. The Balaban J connectivity index is 2.09. The highest BCUT2D eigenvalue weighted by atomic mass is 32.2. The van der Waals surface area contributed by atoms with Crippen molar-refractivity contribution in [1.29, 1.82) is 0 Å². The smallest absolute Gasteiger partial charge is 0.238 e. The second-order valence-electron chi connectivity index (χ2n) is 5.36. The zero-order valence-electron chi connectivity index (χ0n) is 12.1. The SMILES string of the molecule is Cc1ccc(NC(=O)CC2=CCCCC2)cc1S(N)(=O)=O. The molecule has 5 nitrogen and oxygen atoms in total. The van der Waals surface area contributed by atoms with Gasteiger partial charge in [-0.2, -0.15) is 0 Å². The summed E-state index contributed by atoms with van der Waals surface area (Å²) in [6, 6.07) is 4.71. The predicted molar refractivity (Wildman–Crippen MR) is 82.3 cm³/mol. The number of hydrogen-bond acceptors (Lipinski definition) is 3. The van der Waals surface area contributed by atoms with Gasteiger partial charge in [-0.1, -0.05) is 17.7 Å². The number of carbonyl (C=O) groups excluding carboxylic acids is 1. The third kappa shape index (κ3) is 4.41. The molecule has 21 heavy (non-hydrogen) atoms. The van der Waals surface area contributed by atoms with Gasteiger partial charge in [0.25, 0.3) is 0 Å². The van der Waals surface area contributed by atoms with Crippen molar-refractivity contribution in [1.82, 2.24) is 0 Å².